The number of hydrogen-bond donors (Lipinski definition) is 1. The molecule has 2 heterocycles. The fraction of sp³-hybridized carbons (Fsp3) is 0.394. The number of unbranched alkanes of at least 4 members (excludes halogenated alkanes) is 1. The second-order valence-electron chi connectivity index (χ2n) is 11.1. The quantitative estimate of drug-likeness (QED) is 0.203. The van der Waals surface area contributed by atoms with Crippen LogP contribution >= 0.6 is 11.6 Å². The van der Waals surface area contributed by atoms with Crippen LogP contribution in [-0.4, -0.2) is 46.9 Å². The molecular weight excluding hydrogens is 561 g/mol. The van der Waals surface area contributed by atoms with Crippen LogP contribution in [-0.2, 0) is 26.2 Å². The topological polar surface area (TPSA) is 46.7 Å². The molecule has 0 spiro atoms. The molecule has 5 rings (SSSR count). The summed E-state index contributed by atoms with van der Waals surface area (Å²) >= 11 is 6.54. The van der Waals surface area contributed by atoms with Gasteiger partial charge in [0.25, 0.3) is 0 Å². The number of aromatic nitrogens is 1. The summed E-state index contributed by atoms with van der Waals surface area (Å²) in [5.41, 5.74) is 13.0. The first-order chi connectivity index (χ1) is 20.1. The lowest BCUT2D eigenvalue weighted by Gasteiger charge is -2.35. The van der Waals surface area contributed by atoms with E-state index in [0.29, 0.717) is 5.56 Å². The van der Waals surface area contributed by atoms with Crippen molar-refractivity contribution >= 4 is 22.5 Å². The SMILES string of the molecule is CCCCn1cc(-c2ccc(OC(F)(F)F)cc2CN)c2cc(CN3CCN(Cc4cccc(C)c4Cl)CC3)ccc21. The highest BCUT2D eigenvalue weighted by atomic mass is 35.5. The Hall–Kier alpha value is -3.04. The molecule has 1 aromatic heterocycles. The second-order valence-corrected chi connectivity index (χ2v) is 11.5. The van der Waals surface area contributed by atoms with Crippen LogP contribution < -0.4 is 10.5 Å². The lowest BCUT2D eigenvalue weighted by molar-refractivity contribution is -0.274. The summed E-state index contributed by atoms with van der Waals surface area (Å²) in [6.45, 7) is 10.7. The maximum atomic E-state index is 12.8. The summed E-state index contributed by atoms with van der Waals surface area (Å²) < 4.78 is 44.9. The monoisotopic (exact) mass is 598 g/mol. The van der Waals surface area contributed by atoms with Crippen molar-refractivity contribution in [3.63, 3.8) is 0 Å². The van der Waals surface area contributed by atoms with Gasteiger partial charge in [0.2, 0.25) is 0 Å². The Morgan fingerprint density at radius 2 is 1.64 bits per heavy atom. The van der Waals surface area contributed by atoms with E-state index < -0.39 is 6.36 Å². The Labute approximate surface area is 250 Å². The molecule has 0 amide bonds. The van der Waals surface area contributed by atoms with Crippen molar-refractivity contribution in [3.8, 4) is 16.9 Å². The van der Waals surface area contributed by atoms with Gasteiger partial charge in [0.05, 0.1) is 0 Å². The normalized spacial score (nSPS) is 15.0. The summed E-state index contributed by atoms with van der Waals surface area (Å²) in [6, 6.07) is 17.2. The molecule has 42 heavy (non-hydrogen) atoms. The number of alkyl halides is 3. The van der Waals surface area contributed by atoms with Crippen LogP contribution in [0.15, 0.2) is 60.8 Å². The number of aryl methyl sites for hydroxylation is 2. The number of rotatable bonds is 10. The number of ether oxygens (including phenoxy) is 1. The van der Waals surface area contributed by atoms with E-state index >= 15 is 0 Å². The zero-order chi connectivity index (χ0) is 29.9. The van der Waals surface area contributed by atoms with Crippen LogP contribution in [0.1, 0.15) is 42.0 Å². The molecule has 0 aliphatic carbocycles. The lowest BCUT2D eigenvalue weighted by atomic mass is 9.98. The number of fused-ring (bicyclic) bond motifs is 1. The highest BCUT2D eigenvalue weighted by molar-refractivity contribution is 6.32. The highest BCUT2D eigenvalue weighted by Crippen LogP contribution is 2.36. The predicted molar refractivity (Wildman–Crippen MR) is 164 cm³/mol. The van der Waals surface area contributed by atoms with Crippen molar-refractivity contribution < 1.29 is 17.9 Å². The van der Waals surface area contributed by atoms with Crippen LogP contribution in [0.4, 0.5) is 13.2 Å². The molecule has 9 heteroatoms. The van der Waals surface area contributed by atoms with E-state index in [4.69, 9.17) is 17.3 Å². The van der Waals surface area contributed by atoms with Crippen molar-refractivity contribution in [2.45, 2.75) is 59.2 Å². The Morgan fingerprint density at radius 1 is 0.905 bits per heavy atom. The molecule has 1 fully saturated rings. The molecule has 1 aliphatic heterocycles. The van der Waals surface area contributed by atoms with Crippen LogP contribution in [0.25, 0.3) is 22.0 Å². The van der Waals surface area contributed by atoms with E-state index in [1.54, 1.807) is 6.07 Å². The second kappa shape index (κ2) is 13.1. The highest BCUT2D eigenvalue weighted by Gasteiger charge is 2.31. The maximum absolute atomic E-state index is 12.8. The van der Waals surface area contributed by atoms with Crippen LogP contribution in [0.5, 0.6) is 5.75 Å². The minimum atomic E-state index is -4.75. The number of nitrogens with two attached hydrogens (primary N) is 1. The standard InChI is InChI=1S/C33H38ClF3N4O/c1-3-4-12-41-22-30(28-10-9-27(18-26(28)19-38)42-33(35,36)37)29-17-24(8-11-31(29)41)20-39-13-15-40(16-14-39)21-25-7-5-6-23(2)32(25)34/h5-11,17-18,22H,3-4,12-16,19-21,38H2,1-2H3. The third-order valence-electron chi connectivity index (χ3n) is 8.06. The average molecular weight is 599 g/mol. The van der Waals surface area contributed by atoms with Crippen molar-refractivity contribution in [3.05, 3.63) is 88.1 Å². The van der Waals surface area contributed by atoms with E-state index in [9.17, 15) is 13.2 Å². The van der Waals surface area contributed by atoms with Gasteiger partial charge >= 0.3 is 6.36 Å². The molecule has 0 bridgehead atoms. The van der Waals surface area contributed by atoms with E-state index in [-0.39, 0.29) is 12.3 Å². The largest absolute Gasteiger partial charge is 0.573 e. The summed E-state index contributed by atoms with van der Waals surface area (Å²) in [4.78, 5) is 4.92. The molecule has 0 unspecified atom stereocenters. The molecular formula is C33H38ClF3N4O. The molecule has 2 N–H and O–H groups in total. The maximum Gasteiger partial charge on any atom is 0.573 e. The van der Waals surface area contributed by atoms with E-state index in [0.717, 1.165) is 91.3 Å². The van der Waals surface area contributed by atoms with Gasteiger partial charge in [0.1, 0.15) is 5.75 Å². The van der Waals surface area contributed by atoms with Crippen LogP contribution in [0.3, 0.4) is 0 Å². The average Bonchev–Trinajstić information content (AvgIpc) is 3.32. The van der Waals surface area contributed by atoms with Crippen molar-refractivity contribution in [2.24, 2.45) is 5.73 Å². The van der Waals surface area contributed by atoms with Crippen molar-refractivity contribution in [1.82, 2.24) is 14.4 Å². The number of benzene rings is 3. The van der Waals surface area contributed by atoms with Gasteiger partial charge in [-0.15, -0.1) is 13.2 Å². The minimum Gasteiger partial charge on any atom is -0.406 e. The smallest absolute Gasteiger partial charge is 0.406 e. The van der Waals surface area contributed by atoms with Crippen LogP contribution in [0, 0.1) is 6.92 Å². The molecule has 4 aromatic rings. The Bertz CT molecular complexity index is 1530. The predicted octanol–water partition coefficient (Wildman–Crippen LogP) is 7.75. The van der Waals surface area contributed by atoms with Gasteiger partial charge in [-0.3, -0.25) is 9.80 Å². The molecule has 1 saturated heterocycles. The summed E-state index contributed by atoms with van der Waals surface area (Å²) in [5, 5.41) is 1.94. The van der Waals surface area contributed by atoms with E-state index in [1.807, 2.05) is 13.0 Å². The Balaban J connectivity index is 1.36. The van der Waals surface area contributed by atoms with Gasteiger partial charge in [-0.2, -0.15) is 0 Å². The van der Waals surface area contributed by atoms with Gasteiger partial charge in [-0.25, -0.2) is 0 Å². The molecule has 3 aromatic carbocycles. The first-order valence-electron chi connectivity index (χ1n) is 14.5. The number of piperazine rings is 1. The molecule has 5 nitrogen and oxygen atoms in total. The van der Waals surface area contributed by atoms with Gasteiger partial charge < -0.3 is 15.0 Å². The minimum absolute atomic E-state index is 0.101. The number of halogens is 4. The van der Waals surface area contributed by atoms with E-state index in [2.05, 4.69) is 62.6 Å². The summed E-state index contributed by atoms with van der Waals surface area (Å²) in [6.07, 6.45) is -0.548. The first kappa shape index (κ1) is 30.4. The van der Waals surface area contributed by atoms with Gasteiger partial charge in [0.15, 0.2) is 0 Å². The molecule has 0 radical (unpaired) electrons. The van der Waals surface area contributed by atoms with Gasteiger partial charge in [-0.1, -0.05) is 55.3 Å². The zero-order valence-corrected chi connectivity index (χ0v) is 24.9. The Morgan fingerprint density at radius 3 is 2.33 bits per heavy atom. The van der Waals surface area contributed by atoms with Gasteiger partial charge in [0, 0.05) is 80.0 Å². The molecule has 224 valence electrons. The summed E-state index contributed by atoms with van der Waals surface area (Å²) in [5.74, 6) is -0.258. The van der Waals surface area contributed by atoms with Gasteiger partial charge in [-0.05, 0) is 65.4 Å². The third kappa shape index (κ3) is 7.11. The zero-order valence-electron chi connectivity index (χ0n) is 24.2. The number of hydrogen-bond acceptors (Lipinski definition) is 4. The molecule has 0 atom stereocenters. The fourth-order valence-electron chi connectivity index (χ4n) is 5.80. The molecule has 1 aliphatic rings. The van der Waals surface area contributed by atoms with Crippen LogP contribution in [0.2, 0.25) is 5.02 Å². The van der Waals surface area contributed by atoms with Crippen molar-refractivity contribution in [2.75, 3.05) is 26.2 Å². The number of nitrogens with zero attached hydrogens (tertiary/aromatic N) is 3. The summed E-state index contributed by atoms with van der Waals surface area (Å²) in [7, 11) is 0. The Kier molecular flexibility index (Phi) is 9.47. The fourth-order valence-corrected chi connectivity index (χ4v) is 5.99. The first-order valence-corrected chi connectivity index (χ1v) is 14.9. The van der Waals surface area contributed by atoms with Crippen molar-refractivity contribution in [1.29, 1.82) is 0 Å². The third-order valence-corrected chi connectivity index (χ3v) is 8.60. The molecule has 0 saturated carbocycles. The van der Waals surface area contributed by atoms with E-state index in [1.165, 1.54) is 23.3 Å². The lowest BCUT2D eigenvalue weighted by Crippen LogP contribution is -2.45.